The second-order valence-electron chi connectivity index (χ2n) is 6.19. The fraction of sp³-hybridized carbons (Fsp3) is 0.125. The summed E-state index contributed by atoms with van der Waals surface area (Å²) in [6.07, 6.45) is 3.06. The topological polar surface area (TPSA) is 44.8 Å². The van der Waals surface area contributed by atoms with Gasteiger partial charge >= 0.3 is 5.97 Å². The Morgan fingerprint density at radius 2 is 1.68 bits per heavy atom. The van der Waals surface area contributed by atoms with Crippen LogP contribution in [0.5, 0.6) is 17.2 Å². The zero-order valence-electron chi connectivity index (χ0n) is 15.9. The second kappa shape index (κ2) is 9.42. The summed E-state index contributed by atoms with van der Waals surface area (Å²) in [7, 11) is 1.59. The largest absolute Gasteiger partial charge is 0.493 e. The first kappa shape index (κ1) is 19.2. The Morgan fingerprint density at radius 3 is 2.43 bits per heavy atom. The summed E-state index contributed by atoms with van der Waals surface area (Å²) in [6.45, 7) is 2.51. The van der Waals surface area contributed by atoms with Gasteiger partial charge in [0.1, 0.15) is 12.4 Å². The number of carbonyl (C=O) groups is 1. The maximum atomic E-state index is 11.9. The lowest BCUT2D eigenvalue weighted by atomic mass is 10.1. The van der Waals surface area contributed by atoms with Crippen molar-refractivity contribution in [1.29, 1.82) is 0 Å². The number of carbonyl (C=O) groups excluding carboxylic acids is 1. The van der Waals surface area contributed by atoms with E-state index in [0.29, 0.717) is 23.9 Å². The van der Waals surface area contributed by atoms with E-state index < -0.39 is 5.97 Å². The highest BCUT2D eigenvalue weighted by Crippen LogP contribution is 2.29. The molecule has 4 heteroatoms. The number of methoxy groups -OCH3 is 1. The second-order valence-corrected chi connectivity index (χ2v) is 6.19. The van der Waals surface area contributed by atoms with E-state index in [0.717, 1.165) is 11.1 Å². The first-order chi connectivity index (χ1) is 13.7. The van der Waals surface area contributed by atoms with Gasteiger partial charge in [-0.15, -0.1) is 0 Å². The van der Waals surface area contributed by atoms with Gasteiger partial charge in [0.15, 0.2) is 11.5 Å². The Hall–Kier alpha value is -3.53. The van der Waals surface area contributed by atoms with Crippen LogP contribution in [0.4, 0.5) is 0 Å². The van der Waals surface area contributed by atoms with Gasteiger partial charge in [-0.2, -0.15) is 0 Å². The van der Waals surface area contributed by atoms with Gasteiger partial charge < -0.3 is 14.2 Å². The van der Waals surface area contributed by atoms with Crippen LogP contribution in [0.1, 0.15) is 16.7 Å². The van der Waals surface area contributed by atoms with Crippen LogP contribution < -0.4 is 14.2 Å². The number of rotatable bonds is 7. The van der Waals surface area contributed by atoms with Gasteiger partial charge in [0.05, 0.1) is 7.11 Å². The van der Waals surface area contributed by atoms with Gasteiger partial charge in [0.25, 0.3) is 0 Å². The third-order valence-electron chi connectivity index (χ3n) is 4.21. The minimum atomic E-state index is -0.440. The van der Waals surface area contributed by atoms with Crippen LogP contribution in [-0.4, -0.2) is 13.1 Å². The first-order valence-corrected chi connectivity index (χ1v) is 8.96. The number of para-hydroxylation sites is 1. The van der Waals surface area contributed by atoms with Crippen LogP contribution in [0, 0.1) is 6.92 Å². The highest BCUT2D eigenvalue weighted by molar-refractivity contribution is 5.88. The van der Waals surface area contributed by atoms with Crippen LogP contribution in [0.2, 0.25) is 0 Å². The molecule has 0 amide bonds. The summed E-state index contributed by atoms with van der Waals surface area (Å²) in [6, 6.07) is 22.6. The van der Waals surface area contributed by atoms with Gasteiger partial charge in [0.2, 0.25) is 0 Å². The number of benzene rings is 3. The summed E-state index contributed by atoms with van der Waals surface area (Å²) in [4.78, 5) is 11.9. The SMILES string of the molecule is COc1cc(/C=C/C(=O)Oc2ccccc2)ccc1OCc1ccccc1C. The van der Waals surface area contributed by atoms with Crippen molar-refractivity contribution < 1.29 is 19.0 Å². The van der Waals surface area contributed by atoms with Crippen molar-refractivity contribution in [3.63, 3.8) is 0 Å². The molecule has 3 aromatic carbocycles. The molecule has 0 radical (unpaired) electrons. The first-order valence-electron chi connectivity index (χ1n) is 8.96. The summed E-state index contributed by atoms with van der Waals surface area (Å²) >= 11 is 0. The molecule has 3 aromatic rings. The molecule has 0 unspecified atom stereocenters. The zero-order valence-corrected chi connectivity index (χ0v) is 15.9. The van der Waals surface area contributed by atoms with Crippen molar-refractivity contribution in [3.8, 4) is 17.2 Å². The molecule has 4 nitrogen and oxygen atoms in total. The molecule has 0 N–H and O–H groups in total. The number of esters is 1. The third-order valence-corrected chi connectivity index (χ3v) is 4.21. The summed E-state index contributed by atoms with van der Waals surface area (Å²) < 4.78 is 16.6. The van der Waals surface area contributed by atoms with Crippen molar-refractivity contribution in [2.24, 2.45) is 0 Å². The molecule has 3 rings (SSSR count). The summed E-state index contributed by atoms with van der Waals surface area (Å²) in [5.74, 6) is 1.32. The monoisotopic (exact) mass is 374 g/mol. The molecule has 0 spiro atoms. The number of hydrogen-bond donors (Lipinski definition) is 0. The lowest BCUT2D eigenvalue weighted by molar-refractivity contribution is -0.128. The number of aryl methyl sites for hydroxylation is 1. The van der Waals surface area contributed by atoms with Gasteiger partial charge in [-0.05, 0) is 54.0 Å². The van der Waals surface area contributed by atoms with E-state index in [-0.39, 0.29) is 0 Å². The lowest BCUT2D eigenvalue weighted by Crippen LogP contribution is -2.03. The highest BCUT2D eigenvalue weighted by Gasteiger charge is 2.07. The molecule has 0 atom stereocenters. The van der Waals surface area contributed by atoms with E-state index in [1.807, 2.05) is 54.6 Å². The van der Waals surface area contributed by atoms with Gasteiger partial charge in [0, 0.05) is 6.08 Å². The predicted molar refractivity (Wildman–Crippen MR) is 110 cm³/mol. The van der Waals surface area contributed by atoms with Crippen molar-refractivity contribution in [1.82, 2.24) is 0 Å². The smallest absolute Gasteiger partial charge is 0.336 e. The normalized spacial score (nSPS) is 10.6. The number of ether oxygens (including phenoxy) is 3. The van der Waals surface area contributed by atoms with Gasteiger partial charge in [-0.25, -0.2) is 4.79 Å². The number of hydrogen-bond acceptors (Lipinski definition) is 4. The maximum absolute atomic E-state index is 11.9. The van der Waals surface area contributed by atoms with Gasteiger partial charge in [-0.1, -0.05) is 48.5 Å². The van der Waals surface area contributed by atoms with Crippen LogP contribution >= 0.6 is 0 Å². The maximum Gasteiger partial charge on any atom is 0.336 e. The molecule has 0 heterocycles. The predicted octanol–water partition coefficient (Wildman–Crippen LogP) is 5.20. The molecule has 0 bridgehead atoms. The zero-order chi connectivity index (χ0) is 19.8. The Balaban J connectivity index is 1.65. The molecule has 0 aliphatic carbocycles. The quantitative estimate of drug-likeness (QED) is 0.324. The molecule has 0 saturated carbocycles. The van der Waals surface area contributed by atoms with Gasteiger partial charge in [-0.3, -0.25) is 0 Å². The fourth-order valence-electron chi connectivity index (χ4n) is 2.64. The Morgan fingerprint density at radius 1 is 0.929 bits per heavy atom. The highest BCUT2D eigenvalue weighted by atomic mass is 16.5. The Bertz CT molecular complexity index is 961. The van der Waals surface area contributed by atoms with E-state index in [2.05, 4.69) is 13.0 Å². The molecule has 0 saturated heterocycles. The van der Waals surface area contributed by atoms with Crippen molar-refractivity contribution in [3.05, 3.63) is 95.6 Å². The average molecular weight is 374 g/mol. The molecule has 28 heavy (non-hydrogen) atoms. The van der Waals surface area contributed by atoms with E-state index in [1.54, 1.807) is 25.3 Å². The minimum absolute atomic E-state index is 0.440. The Labute approximate surface area is 165 Å². The summed E-state index contributed by atoms with van der Waals surface area (Å²) in [5.41, 5.74) is 3.11. The average Bonchev–Trinajstić information content (AvgIpc) is 2.72. The van der Waals surface area contributed by atoms with E-state index in [4.69, 9.17) is 14.2 Å². The molecule has 142 valence electrons. The van der Waals surface area contributed by atoms with Crippen molar-refractivity contribution in [2.75, 3.05) is 7.11 Å². The molecular formula is C24H22O4. The van der Waals surface area contributed by atoms with Crippen LogP contribution in [-0.2, 0) is 11.4 Å². The minimum Gasteiger partial charge on any atom is -0.493 e. The Kier molecular flexibility index (Phi) is 6.47. The molecule has 0 aromatic heterocycles. The van der Waals surface area contributed by atoms with Crippen LogP contribution in [0.25, 0.3) is 6.08 Å². The molecular weight excluding hydrogens is 352 g/mol. The van der Waals surface area contributed by atoms with Crippen LogP contribution in [0.3, 0.4) is 0 Å². The standard InChI is InChI=1S/C24H22O4/c1-18-8-6-7-9-20(18)17-27-22-14-12-19(16-23(22)26-2)13-15-24(25)28-21-10-4-3-5-11-21/h3-16H,17H2,1-2H3/b15-13+. The summed E-state index contributed by atoms with van der Waals surface area (Å²) in [5, 5.41) is 0. The molecule has 0 aliphatic heterocycles. The third kappa shape index (κ3) is 5.24. The lowest BCUT2D eigenvalue weighted by Gasteiger charge is -2.12. The molecule has 0 fully saturated rings. The van der Waals surface area contributed by atoms with E-state index in [9.17, 15) is 4.79 Å². The van der Waals surface area contributed by atoms with E-state index >= 15 is 0 Å². The molecule has 0 aliphatic rings. The van der Waals surface area contributed by atoms with E-state index in [1.165, 1.54) is 11.6 Å². The van der Waals surface area contributed by atoms with Crippen molar-refractivity contribution >= 4 is 12.0 Å². The van der Waals surface area contributed by atoms with Crippen LogP contribution in [0.15, 0.2) is 78.9 Å². The van der Waals surface area contributed by atoms with Crippen molar-refractivity contribution in [2.45, 2.75) is 13.5 Å². The fourth-order valence-corrected chi connectivity index (χ4v) is 2.64.